The molecule has 1 unspecified atom stereocenters. The molecule has 0 fully saturated rings. The van der Waals surface area contributed by atoms with Crippen LogP contribution in [0.3, 0.4) is 0 Å². The van der Waals surface area contributed by atoms with Crippen LogP contribution in [0.4, 0.5) is 5.69 Å². The maximum Gasteiger partial charge on any atom is 0.299 e. The van der Waals surface area contributed by atoms with E-state index in [0.29, 0.717) is 0 Å². The van der Waals surface area contributed by atoms with E-state index in [2.05, 4.69) is 5.32 Å². The van der Waals surface area contributed by atoms with Crippen molar-refractivity contribution < 1.29 is 10.0 Å². The molecule has 1 rings (SSSR count). The van der Waals surface area contributed by atoms with E-state index < -0.39 is 4.92 Å². The summed E-state index contributed by atoms with van der Waals surface area (Å²) in [6, 6.07) is 1.34. The van der Waals surface area contributed by atoms with Crippen molar-refractivity contribution in [2.24, 2.45) is 0 Å². The molecule has 0 amide bonds. The number of thiophene rings is 1. The molecule has 90 valence electrons. The molecule has 0 spiro atoms. The van der Waals surface area contributed by atoms with Gasteiger partial charge in [0.15, 0.2) is 4.34 Å². The smallest absolute Gasteiger partial charge is 0.299 e. The largest absolute Gasteiger partial charge is 0.395 e. The molecule has 0 bridgehead atoms. The molecule has 0 aliphatic carbocycles. The van der Waals surface area contributed by atoms with Gasteiger partial charge in [-0.2, -0.15) is 0 Å². The van der Waals surface area contributed by atoms with E-state index in [-0.39, 0.29) is 28.7 Å². The summed E-state index contributed by atoms with van der Waals surface area (Å²) in [7, 11) is 0. The number of aliphatic hydroxyl groups is 1. The number of aliphatic hydroxyl groups excluding tert-OH is 1. The highest BCUT2D eigenvalue weighted by Crippen LogP contribution is 2.36. The molecule has 0 radical (unpaired) electrons. The zero-order chi connectivity index (χ0) is 12.3. The number of hydrogen-bond donors (Lipinski definition) is 2. The Morgan fingerprint density at radius 1 is 1.69 bits per heavy atom. The van der Waals surface area contributed by atoms with Crippen LogP contribution in [0.25, 0.3) is 0 Å². The van der Waals surface area contributed by atoms with Crippen molar-refractivity contribution >= 4 is 28.6 Å². The Balaban J connectivity index is 2.80. The summed E-state index contributed by atoms with van der Waals surface area (Å²) in [6.07, 6.45) is 0. The van der Waals surface area contributed by atoms with E-state index in [1.807, 2.05) is 13.8 Å². The van der Waals surface area contributed by atoms with E-state index in [1.165, 1.54) is 17.4 Å². The van der Waals surface area contributed by atoms with E-state index in [1.54, 1.807) is 0 Å². The fraction of sp³-hybridized carbons (Fsp3) is 0.556. The molecule has 2 atom stereocenters. The highest BCUT2D eigenvalue weighted by molar-refractivity contribution is 7.16. The molecule has 5 nitrogen and oxygen atoms in total. The van der Waals surface area contributed by atoms with Crippen LogP contribution in [-0.4, -0.2) is 22.7 Å². The first-order chi connectivity index (χ1) is 7.45. The minimum atomic E-state index is -0.496. The Hall–Kier alpha value is -0.690. The van der Waals surface area contributed by atoms with Crippen molar-refractivity contribution in [3.05, 3.63) is 25.4 Å². The van der Waals surface area contributed by atoms with Crippen LogP contribution in [0.1, 0.15) is 24.8 Å². The molecule has 0 aliphatic rings. The van der Waals surface area contributed by atoms with Crippen LogP contribution >= 0.6 is 22.9 Å². The Morgan fingerprint density at radius 3 is 2.75 bits per heavy atom. The quantitative estimate of drug-likeness (QED) is 0.632. The second-order valence-corrected chi connectivity index (χ2v) is 5.22. The summed E-state index contributed by atoms with van der Waals surface area (Å²) in [6.45, 7) is 3.73. The maximum absolute atomic E-state index is 10.6. The van der Waals surface area contributed by atoms with Crippen LogP contribution in [0, 0.1) is 10.1 Å². The zero-order valence-corrected chi connectivity index (χ0v) is 10.5. The highest BCUT2D eigenvalue weighted by Gasteiger charge is 2.20. The zero-order valence-electron chi connectivity index (χ0n) is 8.94. The van der Waals surface area contributed by atoms with Gasteiger partial charge >= 0.3 is 0 Å². The van der Waals surface area contributed by atoms with Crippen molar-refractivity contribution in [1.29, 1.82) is 0 Å². The van der Waals surface area contributed by atoms with Gasteiger partial charge in [0.05, 0.1) is 11.5 Å². The summed E-state index contributed by atoms with van der Waals surface area (Å²) in [5.41, 5.74) is -0.0630. The molecule has 2 N–H and O–H groups in total. The first kappa shape index (κ1) is 13.4. The van der Waals surface area contributed by atoms with Crippen LogP contribution in [-0.2, 0) is 0 Å². The molecule has 0 saturated heterocycles. The van der Waals surface area contributed by atoms with Crippen molar-refractivity contribution in [1.82, 2.24) is 5.32 Å². The fourth-order valence-corrected chi connectivity index (χ4v) is 2.53. The van der Waals surface area contributed by atoms with Gasteiger partial charge in [0.2, 0.25) is 0 Å². The number of hydrogen-bond acceptors (Lipinski definition) is 5. The Bertz CT molecular complexity index is 383. The first-order valence-electron chi connectivity index (χ1n) is 4.76. The fourth-order valence-electron chi connectivity index (χ4n) is 1.28. The van der Waals surface area contributed by atoms with Crippen molar-refractivity contribution in [3.8, 4) is 0 Å². The normalized spacial score (nSPS) is 14.8. The minimum absolute atomic E-state index is 0.0194. The van der Waals surface area contributed by atoms with Crippen molar-refractivity contribution in [3.63, 3.8) is 0 Å². The molecule has 1 heterocycles. The van der Waals surface area contributed by atoms with Gasteiger partial charge in [-0.25, -0.2) is 0 Å². The monoisotopic (exact) mass is 264 g/mol. The lowest BCUT2D eigenvalue weighted by molar-refractivity contribution is -0.384. The Morgan fingerprint density at radius 2 is 2.31 bits per heavy atom. The van der Waals surface area contributed by atoms with Gasteiger partial charge in [-0.05, 0) is 13.8 Å². The third-order valence-electron chi connectivity index (χ3n) is 2.12. The van der Waals surface area contributed by atoms with E-state index in [4.69, 9.17) is 16.7 Å². The van der Waals surface area contributed by atoms with Gasteiger partial charge in [0.25, 0.3) is 5.69 Å². The summed E-state index contributed by atoms with van der Waals surface area (Å²) in [5.74, 6) is 0. The minimum Gasteiger partial charge on any atom is -0.395 e. The predicted molar refractivity (Wildman–Crippen MR) is 64.1 cm³/mol. The molecule has 1 aromatic rings. The lowest BCUT2D eigenvalue weighted by Crippen LogP contribution is -2.31. The highest BCUT2D eigenvalue weighted by atomic mass is 35.5. The van der Waals surface area contributed by atoms with E-state index in [9.17, 15) is 10.1 Å². The second kappa shape index (κ2) is 5.58. The molecular formula is C9H13ClN2O3S. The van der Waals surface area contributed by atoms with Gasteiger partial charge in [-0.1, -0.05) is 11.6 Å². The summed E-state index contributed by atoms with van der Waals surface area (Å²) in [5, 5.41) is 22.6. The lowest BCUT2D eigenvalue weighted by atomic mass is 10.2. The van der Waals surface area contributed by atoms with E-state index in [0.717, 1.165) is 4.88 Å². The van der Waals surface area contributed by atoms with Gasteiger partial charge in [-0.15, -0.1) is 11.3 Å². The maximum atomic E-state index is 10.6. The van der Waals surface area contributed by atoms with Gasteiger partial charge in [0, 0.05) is 23.0 Å². The second-order valence-electron chi connectivity index (χ2n) is 3.54. The molecule has 0 aromatic carbocycles. The summed E-state index contributed by atoms with van der Waals surface area (Å²) < 4.78 is 0.185. The Labute approximate surface area is 102 Å². The number of rotatable bonds is 5. The molecule has 1 aromatic heterocycles. The number of nitro groups is 1. The topological polar surface area (TPSA) is 75.4 Å². The van der Waals surface area contributed by atoms with Crippen molar-refractivity contribution in [2.75, 3.05) is 6.61 Å². The first-order valence-corrected chi connectivity index (χ1v) is 5.95. The number of nitrogens with zero attached hydrogens (tertiary/aromatic N) is 1. The van der Waals surface area contributed by atoms with Crippen molar-refractivity contribution in [2.45, 2.75) is 25.9 Å². The average molecular weight is 265 g/mol. The number of halogens is 1. The summed E-state index contributed by atoms with van der Waals surface area (Å²) >= 11 is 6.94. The predicted octanol–water partition coefficient (Wildman–Crippen LogP) is 2.34. The van der Waals surface area contributed by atoms with E-state index >= 15 is 0 Å². The van der Waals surface area contributed by atoms with Crippen LogP contribution in [0.5, 0.6) is 0 Å². The molecule has 16 heavy (non-hydrogen) atoms. The molecule has 0 aliphatic heterocycles. The molecular weight excluding hydrogens is 252 g/mol. The van der Waals surface area contributed by atoms with Gasteiger partial charge < -0.3 is 10.4 Å². The van der Waals surface area contributed by atoms with Crippen LogP contribution < -0.4 is 5.32 Å². The third-order valence-corrected chi connectivity index (χ3v) is 3.64. The number of nitrogens with one attached hydrogen (secondary N) is 1. The summed E-state index contributed by atoms with van der Waals surface area (Å²) in [4.78, 5) is 10.9. The lowest BCUT2D eigenvalue weighted by Gasteiger charge is -2.16. The average Bonchev–Trinajstić information content (AvgIpc) is 2.60. The SMILES string of the molecule is CC(N[C@H](C)CO)c1cc([N+](=O)[O-])c(Cl)s1. The van der Waals surface area contributed by atoms with Crippen LogP contribution in [0.2, 0.25) is 4.34 Å². The standard InChI is InChI=1S/C9H13ClN2O3S/c1-5(4-13)11-6(2)8-3-7(12(14)15)9(10)16-8/h3,5-6,11,13H,4H2,1-2H3/t5-,6?/m1/s1. The Kier molecular flexibility index (Phi) is 4.67. The van der Waals surface area contributed by atoms with Gasteiger partial charge in [0.1, 0.15) is 0 Å². The molecule has 0 saturated carbocycles. The third kappa shape index (κ3) is 3.15. The molecule has 7 heteroatoms. The van der Waals surface area contributed by atoms with Gasteiger partial charge in [-0.3, -0.25) is 10.1 Å². The van der Waals surface area contributed by atoms with Crippen LogP contribution in [0.15, 0.2) is 6.07 Å².